The van der Waals surface area contributed by atoms with Crippen LogP contribution in [-0.2, 0) is 13.6 Å². The minimum atomic E-state index is -0.0723. The summed E-state index contributed by atoms with van der Waals surface area (Å²) >= 11 is 0. The summed E-state index contributed by atoms with van der Waals surface area (Å²) < 4.78 is 1.87. The largest absolute Gasteiger partial charge is 0.347 e. The van der Waals surface area contributed by atoms with Gasteiger partial charge in [-0.3, -0.25) is 9.78 Å². The Labute approximate surface area is 123 Å². The van der Waals surface area contributed by atoms with Gasteiger partial charge < -0.3 is 9.88 Å². The number of fused-ring (bicyclic) bond motifs is 1. The van der Waals surface area contributed by atoms with Gasteiger partial charge >= 0.3 is 0 Å². The van der Waals surface area contributed by atoms with Gasteiger partial charge in [0.05, 0.1) is 11.7 Å². The van der Waals surface area contributed by atoms with Crippen LogP contribution in [0, 0.1) is 6.92 Å². The van der Waals surface area contributed by atoms with Gasteiger partial charge in [0.1, 0.15) is 5.69 Å². The molecular formula is C17H17N3O. The van der Waals surface area contributed by atoms with E-state index in [1.54, 1.807) is 12.4 Å². The van der Waals surface area contributed by atoms with Gasteiger partial charge in [0.15, 0.2) is 0 Å². The molecule has 3 rings (SSSR count). The number of aromatic nitrogens is 2. The molecule has 2 aromatic heterocycles. The Morgan fingerprint density at radius 2 is 2.10 bits per heavy atom. The molecule has 0 unspecified atom stereocenters. The fourth-order valence-electron chi connectivity index (χ4n) is 2.47. The van der Waals surface area contributed by atoms with Crippen molar-refractivity contribution in [2.24, 2.45) is 7.05 Å². The zero-order chi connectivity index (χ0) is 14.8. The number of carbonyl (C=O) groups excluding carboxylic acids is 1. The molecule has 3 aromatic rings. The maximum atomic E-state index is 12.4. The normalized spacial score (nSPS) is 10.8. The van der Waals surface area contributed by atoms with Gasteiger partial charge in [-0.05, 0) is 30.2 Å². The lowest BCUT2D eigenvalue weighted by atomic mass is 10.1. The molecule has 0 atom stereocenters. The van der Waals surface area contributed by atoms with Gasteiger partial charge in [0, 0.05) is 25.2 Å². The molecule has 21 heavy (non-hydrogen) atoms. The van der Waals surface area contributed by atoms with Crippen molar-refractivity contribution in [2.75, 3.05) is 0 Å². The van der Waals surface area contributed by atoms with Crippen molar-refractivity contribution in [1.82, 2.24) is 14.9 Å². The molecule has 0 saturated carbocycles. The van der Waals surface area contributed by atoms with Crippen LogP contribution in [0.2, 0.25) is 0 Å². The minimum absolute atomic E-state index is 0.0723. The molecule has 1 amide bonds. The zero-order valence-corrected chi connectivity index (χ0v) is 12.1. The number of aryl methyl sites for hydroxylation is 2. The molecule has 0 fully saturated rings. The molecule has 0 spiro atoms. The Hall–Kier alpha value is -2.62. The van der Waals surface area contributed by atoms with E-state index in [9.17, 15) is 4.79 Å². The second-order valence-electron chi connectivity index (χ2n) is 5.13. The van der Waals surface area contributed by atoms with E-state index in [2.05, 4.69) is 10.3 Å². The van der Waals surface area contributed by atoms with E-state index in [4.69, 9.17) is 0 Å². The van der Waals surface area contributed by atoms with Gasteiger partial charge in [0.2, 0.25) is 0 Å². The van der Waals surface area contributed by atoms with Crippen LogP contribution in [0.15, 0.2) is 48.8 Å². The van der Waals surface area contributed by atoms with E-state index in [1.165, 1.54) is 5.56 Å². The monoisotopic (exact) mass is 279 g/mol. The predicted octanol–water partition coefficient (Wildman–Crippen LogP) is 2.81. The average molecular weight is 279 g/mol. The summed E-state index contributed by atoms with van der Waals surface area (Å²) in [7, 11) is 1.88. The van der Waals surface area contributed by atoms with Gasteiger partial charge in [-0.25, -0.2) is 0 Å². The summed E-state index contributed by atoms with van der Waals surface area (Å²) in [6.07, 6.45) is 3.50. The number of nitrogens with one attached hydrogen (secondary N) is 1. The molecule has 4 heteroatoms. The SMILES string of the molecule is Cc1ccccc1CNC(=O)c1cc2ccncc2n1C. The van der Waals surface area contributed by atoms with E-state index >= 15 is 0 Å². The Kier molecular flexibility index (Phi) is 3.44. The molecule has 4 nitrogen and oxygen atoms in total. The number of hydrogen-bond donors (Lipinski definition) is 1. The highest BCUT2D eigenvalue weighted by Gasteiger charge is 2.13. The average Bonchev–Trinajstić information content (AvgIpc) is 2.84. The van der Waals surface area contributed by atoms with Gasteiger partial charge in [-0.15, -0.1) is 0 Å². The molecule has 0 bridgehead atoms. The number of nitrogens with zero attached hydrogens (tertiary/aromatic N) is 2. The maximum Gasteiger partial charge on any atom is 0.268 e. The minimum Gasteiger partial charge on any atom is -0.347 e. The maximum absolute atomic E-state index is 12.4. The lowest BCUT2D eigenvalue weighted by Crippen LogP contribution is -2.25. The van der Waals surface area contributed by atoms with Crippen molar-refractivity contribution in [1.29, 1.82) is 0 Å². The van der Waals surface area contributed by atoms with E-state index in [-0.39, 0.29) is 5.91 Å². The van der Waals surface area contributed by atoms with Crippen molar-refractivity contribution in [3.05, 3.63) is 65.6 Å². The smallest absolute Gasteiger partial charge is 0.268 e. The van der Waals surface area contributed by atoms with E-state index < -0.39 is 0 Å². The topological polar surface area (TPSA) is 46.9 Å². The van der Waals surface area contributed by atoms with Crippen LogP contribution in [0.25, 0.3) is 10.9 Å². The molecule has 0 radical (unpaired) electrons. The lowest BCUT2D eigenvalue weighted by Gasteiger charge is -2.08. The van der Waals surface area contributed by atoms with Crippen LogP contribution in [0.3, 0.4) is 0 Å². The number of pyridine rings is 1. The first kappa shape index (κ1) is 13.4. The molecule has 106 valence electrons. The molecule has 0 aliphatic rings. The lowest BCUT2D eigenvalue weighted by molar-refractivity contribution is 0.0943. The van der Waals surface area contributed by atoms with Crippen molar-refractivity contribution < 1.29 is 4.79 Å². The van der Waals surface area contributed by atoms with Crippen molar-refractivity contribution >= 4 is 16.8 Å². The van der Waals surface area contributed by atoms with E-state index in [0.717, 1.165) is 16.5 Å². The highest BCUT2D eigenvalue weighted by molar-refractivity contribution is 5.98. The summed E-state index contributed by atoms with van der Waals surface area (Å²) in [5.74, 6) is -0.0723. The number of rotatable bonds is 3. The van der Waals surface area contributed by atoms with Crippen LogP contribution in [0.1, 0.15) is 21.6 Å². The van der Waals surface area contributed by atoms with Gasteiger partial charge in [-0.2, -0.15) is 0 Å². The first-order valence-electron chi connectivity index (χ1n) is 6.89. The Balaban J connectivity index is 1.81. The summed E-state index contributed by atoms with van der Waals surface area (Å²) in [5.41, 5.74) is 3.91. The van der Waals surface area contributed by atoms with Crippen molar-refractivity contribution in [3.8, 4) is 0 Å². The standard InChI is InChI=1S/C17H17N3O/c1-12-5-3-4-6-14(12)10-19-17(21)15-9-13-7-8-18-11-16(13)20(15)2/h3-9,11H,10H2,1-2H3,(H,19,21). The Morgan fingerprint density at radius 3 is 2.86 bits per heavy atom. The zero-order valence-electron chi connectivity index (χ0n) is 12.1. The van der Waals surface area contributed by atoms with Gasteiger partial charge in [-0.1, -0.05) is 24.3 Å². The van der Waals surface area contributed by atoms with Crippen LogP contribution in [-0.4, -0.2) is 15.5 Å². The number of carbonyl (C=O) groups is 1. The van der Waals surface area contributed by atoms with E-state index in [1.807, 2.05) is 54.9 Å². The van der Waals surface area contributed by atoms with Crippen LogP contribution in [0.4, 0.5) is 0 Å². The fraction of sp³-hybridized carbons (Fsp3) is 0.176. The number of hydrogen-bond acceptors (Lipinski definition) is 2. The molecule has 1 N–H and O–H groups in total. The third kappa shape index (κ3) is 2.52. The molecular weight excluding hydrogens is 262 g/mol. The van der Waals surface area contributed by atoms with Gasteiger partial charge in [0.25, 0.3) is 5.91 Å². The molecule has 0 aliphatic carbocycles. The quantitative estimate of drug-likeness (QED) is 0.801. The van der Waals surface area contributed by atoms with E-state index in [0.29, 0.717) is 12.2 Å². The number of benzene rings is 1. The summed E-state index contributed by atoms with van der Waals surface area (Å²) in [6, 6.07) is 11.9. The van der Waals surface area contributed by atoms with Crippen LogP contribution >= 0.6 is 0 Å². The third-order valence-electron chi connectivity index (χ3n) is 3.78. The molecule has 0 saturated heterocycles. The summed E-state index contributed by atoms with van der Waals surface area (Å²) in [5, 5.41) is 4.00. The summed E-state index contributed by atoms with van der Waals surface area (Å²) in [4.78, 5) is 16.5. The number of amides is 1. The van der Waals surface area contributed by atoms with Crippen molar-refractivity contribution in [3.63, 3.8) is 0 Å². The molecule has 0 aliphatic heterocycles. The summed E-state index contributed by atoms with van der Waals surface area (Å²) in [6.45, 7) is 2.58. The second kappa shape index (κ2) is 5.40. The van der Waals surface area contributed by atoms with Crippen molar-refractivity contribution in [2.45, 2.75) is 13.5 Å². The third-order valence-corrected chi connectivity index (χ3v) is 3.78. The first-order valence-corrected chi connectivity index (χ1v) is 6.89. The van der Waals surface area contributed by atoms with Crippen LogP contribution < -0.4 is 5.32 Å². The highest BCUT2D eigenvalue weighted by atomic mass is 16.1. The highest BCUT2D eigenvalue weighted by Crippen LogP contribution is 2.17. The Bertz CT molecular complexity index is 805. The molecule has 2 heterocycles. The predicted molar refractivity (Wildman–Crippen MR) is 83.1 cm³/mol. The fourth-order valence-corrected chi connectivity index (χ4v) is 2.47. The second-order valence-corrected chi connectivity index (χ2v) is 5.13. The van der Waals surface area contributed by atoms with Crippen LogP contribution in [0.5, 0.6) is 0 Å². The molecule has 1 aromatic carbocycles. The Morgan fingerprint density at radius 1 is 1.29 bits per heavy atom. The first-order chi connectivity index (χ1) is 10.2.